The van der Waals surface area contributed by atoms with Gasteiger partial charge in [-0.05, 0) is 55.5 Å². The molecular weight excluding hydrogens is 316 g/mol. The Morgan fingerprint density at radius 1 is 0.800 bits per heavy atom. The molecule has 3 rings (SSSR count). The quantitative estimate of drug-likeness (QED) is 0.668. The second-order valence-electron chi connectivity index (χ2n) is 5.22. The molecule has 0 amide bonds. The van der Waals surface area contributed by atoms with Crippen LogP contribution in [0.4, 0.5) is 23.0 Å². The number of methoxy groups -OCH3 is 1. The van der Waals surface area contributed by atoms with Gasteiger partial charge in [-0.2, -0.15) is 0 Å². The predicted molar refractivity (Wildman–Crippen MR) is 99.2 cm³/mol. The summed E-state index contributed by atoms with van der Waals surface area (Å²) in [5.74, 6) is 3.06. The Morgan fingerprint density at radius 3 is 1.80 bits per heavy atom. The number of nitrogens with zero attached hydrogens (tertiary/aromatic N) is 2. The maximum atomic E-state index is 5.44. The van der Waals surface area contributed by atoms with E-state index in [0.717, 1.165) is 22.9 Å². The van der Waals surface area contributed by atoms with Crippen molar-refractivity contribution in [3.63, 3.8) is 0 Å². The molecule has 0 spiro atoms. The van der Waals surface area contributed by atoms with Gasteiger partial charge >= 0.3 is 0 Å². The lowest BCUT2D eigenvalue weighted by atomic mass is 10.3. The summed E-state index contributed by atoms with van der Waals surface area (Å²) >= 11 is 0. The first kappa shape index (κ1) is 16.6. The lowest BCUT2D eigenvalue weighted by molar-refractivity contribution is 0.340. The van der Waals surface area contributed by atoms with Crippen molar-refractivity contribution >= 4 is 23.0 Å². The van der Waals surface area contributed by atoms with Gasteiger partial charge in [0.1, 0.15) is 29.5 Å². The molecule has 3 aromatic rings. The van der Waals surface area contributed by atoms with Crippen LogP contribution in [-0.4, -0.2) is 23.7 Å². The number of hydrogen-bond donors (Lipinski definition) is 2. The van der Waals surface area contributed by atoms with Crippen molar-refractivity contribution < 1.29 is 9.47 Å². The van der Waals surface area contributed by atoms with Crippen molar-refractivity contribution in [1.82, 2.24) is 9.97 Å². The molecule has 6 nitrogen and oxygen atoms in total. The highest BCUT2D eigenvalue weighted by atomic mass is 16.5. The fraction of sp³-hybridized carbons (Fsp3) is 0.158. The summed E-state index contributed by atoms with van der Waals surface area (Å²) in [7, 11) is 1.64. The average Bonchev–Trinajstić information content (AvgIpc) is 2.65. The van der Waals surface area contributed by atoms with E-state index in [1.165, 1.54) is 6.33 Å². The monoisotopic (exact) mass is 336 g/mol. The molecule has 0 atom stereocenters. The summed E-state index contributed by atoms with van der Waals surface area (Å²) in [6, 6.07) is 17.2. The van der Waals surface area contributed by atoms with Crippen LogP contribution in [0.25, 0.3) is 0 Å². The molecule has 0 radical (unpaired) electrons. The molecule has 6 heteroatoms. The molecular formula is C19H20N4O2. The number of anilines is 4. The van der Waals surface area contributed by atoms with Gasteiger partial charge in [0.15, 0.2) is 0 Å². The van der Waals surface area contributed by atoms with E-state index in [1.54, 1.807) is 7.11 Å². The van der Waals surface area contributed by atoms with Crippen LogP contribution < -0.4 is 20.1 Å². The molecule has 0 unspecified atom stereocenters. The maximum absolute atomic E-state index is 5.44. The predicted octanol–water partition coefficient (Wildman–Crippen LogP) is 4.37. The molecule has 0 aliphatic heterocycles. The molecule has 0 saturated heterocycles. The second kappa shape index (κ2) is 8.01. The van der Waals surface area contributed by atoms with Crippen LogP contribution in [0, 0.1) is 0 Å². The fourth-order valence-electron chi connectivity index (χ4n) is 2.27. The minimum Gasteiger partial charge on any atom is -0.497 e. The number of rotatable bonds is 7. The normalized spacial score (nSPS) is 10.2. The Balaban J connectivity index is 1.68. The molecule has 25 heavy (non-hydrogen) atoms. The van der Waals surface area contributed by atoms with Gasteiger partial charge in [-0.1, -0.05) is 0 Å². The zero-order chi connectivity index (χ0) is 17.5. The maximum Gasteiger partial charge on any atom is 0.135 e. The average molecular weight is 336 g/mol. The molecule has 1 heterocycles. The molecule has 2 aromatic carbocycles. The van der Waals surface area contributed by atoms with Gasteiger partial charge in [0.05, 0.1) is 13.7 Å². The zero-order valence-corrected chi connectivity index (χ0v) is 14.2. The molecule has 0 fully saturated rings. The molecule has 0 bridgehead atoms. The van der Waals surface area contributed by atoms with Crippen molar-refractivity contribution in [3.8, 4) is 11.5 Å². The lowest BCUT2D eigenvalue weighted by Crippen LogP contribution is -1.98. The van der Waals surface area contributed by atoms with E-state index >= 15 is 0 Å². The third kappa shape index (κ3) is 4.60. The number of ether oxygens (including phenoxy) is 2. The summed E-state index contributed by atoms with van der Waals surface area (Å²) in [6.45, 7) is 2.61. The van der Waals surface area contributed by atoms with E-state index in [9.17, 15) is 0 Å². The first-order valence-electron chi connectivity index (χ1n) is 8.00. The summed E-state index contributed by atoms with van der Waals surface area (Å²) in [6.07, 6.45) is 1.52. The lowest BCUT2D eigenvalue weighted by Gasteiger charge is -2.10. The van der Waals surface area contributed by atoms with E-state index in [4.69, 9.17) is 9.47 Å². The van der Waals surface area contributed by atoms with E-state index < -0.39 is 0 Å². The Hall–Kier alpha value is -3.28. The third-order valence-corrected chi connectivity index (χ3v) is 3.47. The fourth-order valence-corrected chi connectivity index (χ4v) is 2.27. The Labute approximate surface area is 146 Å². The smallest absolute Gasteiger partial charge is 0.135 e. The van der Waals surface area contributed by atoms with Gasteiger partial charge in [0, 0.05) is 17.4 Å². The van der Waals surface area contributed by atoms with Crippen molar-refractivity contribution in [1.29, 1.82) is 0 Å². The Morgan fingerprint density at radius 2 is 1.32 bits per heavy atom. The molecule has 0 aliphatic rings. The van der Waals surface area contributed by atoms with Crippen LogP contribution in [0.1, 0.15) is 6.92 Å². The van der Waals surface area contributed by atoms with Crippen LogP contribution in [0.15, 0.2) is 60.9 Å². The van der Waals surface area contributed by atoms with E-state index in [2.05, 4.69) is 20.6 Å². The summed E-state index contributed by atoms with van der Waals surface area (Å²) in [5.41, 5.74) is 1.85. The highest BCUT2D eigenvalue weighted by Gasteiger charge is 2.02. The molecule has 0 saturated carbocycles. The van der Waals surface area contributed by atoms with Crippen LogP contribution in [-0.2, 0) is 0 Å². The highest BCUT2D eigenvalue weighted by molar-refractivity contribution is 5.63. The second-order valence-corrected chi connectivity index (χ2v) is 5.22. The topological polar surface area (TPSA) is 68.3 Å². The Bertz CT molecular complexity index is 804. The minimum absolute atomic E-state index is 0.652. The summed E-state index contributed by atoms with van der Waals surface area (Å²) < 4.78 is 10.6. The third-order valence-electron chi connectivity index (χ3n) is 3.47. The number of aromatic nitrogens is 2. The Kier molecular flexibility index (Phi) is 5.31. The van der Waals surface area contributed by atoms with Gasteiger partial charge in [-0.15, -0.1) is 0 Å². The molecule has 1 aromatic heterocycles. The first-order valence-corrected chi connectivity index (χ1v) is 8.00. The van der Waals surface area contributed by atoms with Crippen molar-refractivity contribution in [2.75, 3.05) is 24.4 Å². The number of nitrogens with one attached hydrogen (secondary N) is 2. The van der Waals surface area contributed by atoms with Crippen molar-refractivity contribution in [2.24, 2.45) is 0 Å². The molecule has 2 N–H and O–H groups in total. The van der Waals surface area contributed by atoms with Crippen molar-refractivity contribution in [3.05, 3.63) is 60.9 Å². The number of benzene rings is 2. The van der Waals surface area contributed by atoms with Crippen LogP contribution in [0.2, 0.25) is 0 Å². The van der Waals surface area contributed by atoms with Gasteiger partial charge in [0.25, 0.3) is 0 Å². The molecule has 0 aliphatic carbocycles. The van der Waals surface area contributed by atoms with Gasteiger partial charge in [-0.25, -0.2) is 9.97 Å². The zero-order valence-electron chi connectivity index (χ0n) is 14.2. The first-order chi connectivity index (χ1) is 12.3. The van der Waals surface area contributed by atoms with Crippen LogP contribution >= 0.6 is 0 Å². The van der Waals surface area contributed by atoms with Crippen LogP contribution in [0.5, 0.6) is 11.5 Å². The standard InChI is InChI=1S/C19H20N4O2/c1-3-25-17-10-6-15(7-11-17)23-19-12-18(20-13-21-19)22-14-4-8-16(24-2)9-5-14/h4-13H,3H2,1-2H3,(H2,20,21,22,23). The minimum atomic E-state index is 0.652. The SMILES string of the molecule is CCOc1ccc(Nc2cc(Nc3ccc(OC)cc3)ncn2)cc1. The largest absolute Gasteiger partial charge is 0.497 e. The van der Waals surface area contributed by atoms with E-state index in [1.807, 2.05) is 61.5 Å². The van der Waals surface area contributed by atoms with Crippen molar-refractivity contribution in [2.45, 2.75) is 6.92 Å². The van der Waals surface area contributed by atoms with Crippen LogP contribution in [0.3, 0.4) is 0 Å². The summed E-state index contributed by atoms with van der Waals surface area (Å²) in [4.78, 5) is 8.49. The van der Waals surface area contributed by atoms with E-state index in [0.29, 0.717) is 18.2 Å². The van der Waals surface area contributed by atoms with Gasteiger partial charge < -0.3 is 20.1 Å². The van der Waals surface area contributed by atoms with E-state index in [-0.39, 0.29) is 0 Å². The number of hydrogen-bond acceptors (Lipinski definition) is 6. The van der Waals surface area contributed by atoms with Gasteiger partial charge in [-0.3, -0.25) is 0 Å². The van der Waals surface area contributed by atoms with Gasteiger partial charge in [0.2, 0.25) is 0 Å². The molecule has 128 valence electrons. The highest BCUT2D eigenvalue weighted by Crippen LogP contribution is 2.22. The summed E-state index contributed by atoms with van der Waals surface area (Å²) in [5, 5.41) is 6.49.